The number of aromatic nitrogens is 2. The number of nitrogens with one attached hydrogen (secondary N) is 2. The molecule has 0 saturated carbocycles. The lowest BCUT2D eigenvalue weighted by Crippen LogP contribution is -2.32. The molecule has 2 amide bonds. The van der Waals surface area contributed by atoms with Gasteiger partial charge >= 0.3 is 5.97 Å². The molecule has 2 N–H and O–H groups in total. The molecule has 0 atom stereocenters. The van der Waals surface area contributed by atoms with E-state index in [1.165, 1.54) is 12.3 Å². The van der Waals surface area contributed by atoms with Crippen LogP contribution in [0.25, 0.3) is 11.0 Å². The number of nitrogens with zero attached hydrogens (tertiary/aromatic N) is 2. The Morgan fingerprint density at radius 2 is 2.04 bits per heavy atom. The molecule has 0 unspecified atom stereocenters. The number of hydrogen-bond acceptors (Lipinski definition) is 8. The zero-order valence-corrected chi connectivity index (χ0v) is 13.5. The second-order valence-electron chi connectivity index (χ2n) is 4.81. The molecule has 2 aromatic heterocycles. The van der Waals surface area contributed by atoms with Gasteiger partial charge in [-0.1, -0.05) is 6.07 Å². The number of rotatable bonds is 6. The van der Waals surface area contributed by atoms with E-state index in [9.17, 15) is 14.4 Å². The minimum Gasteiger partial charge on any atom is -0.459 e. The first-order chi connectivity index (χ1) is 12.1. The number of carbonyl (C=O) groups excluding carboxylic acids is 3. The summed E-state index contributed by atoms with van der Waals surface area (Å²) in [4.78, 5) is 35.0. The van der Waals surface area contributed by atoms with E-state index in [0.717, 1.165) is 11.7 Å². The Morgan fingerprint density at radius 3 is 2.84 bits per heavy atom. The van der Waals surface area contributed by atoms with Crippen LogP contribution in [0.4, 0.5) is 5.69 Å². The summed E-state index contributed by atoms with van der Waals surface area (Å²) < 4.78 is 17.9. The number of esters is 1. The van der Waals surface area contributed by atoms with Crippen LogP contribution in [0.1, 0.15) is 10.6 Å². The molecule has 0 aliphatic heterocycles. The summed E-state index contributed by atoms with van der Waals surface area (Å²) in [5.74, 6) is -1.74. The van der Waals surface area contributed by atoms with E-state index >= 15 is 0 Å². The Bertz CT molecular complexity index is 906. The lowest BCUT2D eigenvalue weighted by Gasteiger charge is -2.07. The van der Waals surface area contributed by atoms with Gasteiger partial charge in [0.15, 0.2) is 12.4 Å². The number of benzene rings is 1. The van der Waals surface area contributed by atoms with Crippen molar-refractivity contribution >= 4 is 46.2 Å². The van der Waals surface area contributed by atoms with E-state index in [1.54, 1.807) is 24.3 Å². The molecule has 3 aromatic rings. The highest BCUT2D eigenvalue weighted by molar-refractivity contribution is 7.00. The van der Waals surface area contributed by atoms with Gasteiger partial charge in [-0.3, -0.25) is 14.4 Å². The minimum absolute atomic E-state index is 0.0792. The third kappa shape index (κ3) is 4.18. The SMILES string of the molecule is O=C(COC(=O)CNC(=O)c1ccco1)Nc1cccc2nsnc12. The van der Waals surface area contributed by atoms with Crippen LogP contribution in [0.5, 0.6) is 0 Å². The standard InChI is InChI=1S/C15H12N4O5S/c20-12(17-9-3-1-4-10-14(9)19-25-18-10)8-24-13(21)7-16-15(22)11-5-2-6-23-11/h1-6H,7-8H2,(H,16,22)(H,17,20). The Balaban J connectivity index is 1.45. The molecule has 3 rings (SSSR count). The van der Waals surface area contributed by atoms with Gasteiger partial charge in [0.1, 0.15) is 17.6 Å². The molecule has 0 aliphatic rings. The van der Waals surface area contributed by atoms with E-state index in [0.29, 0.717) is 16.7 Å². The first-order valence-electron chi connectivity index (χ1n) is 7.12. The summed E-state index contributed by atoms with van der Waals surface area (Å²) in [5.41, 5.74) is 1.72. The number of anilines is 1. The third-order valence-corrected chi connectivity index (χ3v) is 3.61. The summed E-state index contributed by atoms with van der Waals surface area (Å²) in [6.07, 6.45) is 1.34. The molecule has 9 nitrogen and oxygen atoms in total. The summed E-state index contributed by atoms with van der Waals surface area (Å²) in [5, 5.41) is 4.92. The maximum atomic E-state index is 11.9. The highest BCUT2D eigenvalue weighted by atomic mass is 32.1. The molecular formula is C15H12N4O5S. The minimum atomic E-state index is -0.747. The third-order valence-electron chi connectivity index (χ3n) is 3.06. The van der Waals surface area contributed by atoms with Gasteiger partial charge in [0.05, 0.1) is 23.7 Å². The second-order valence-corrected chi connectivity index (χ2v) is 5.33. The fraction of sp³-hybridized carbons (Fsp3) is 0.133. The van der Waals surface area contributed by atoms with Crippen molar-refractivity contribution in [3.63, 3.8) is 0 Å². The number of carbonyl (C=O) groups is 3. The Kier molecular flexibility index (Phi) is 5.00. The smallest absolute Gasteiger partial charge is 0.325 e. The number of amides is 2. The average Bonchev–Trinajstić information content (AvgIpc) is 3.29. The summed E-state index contributed by atoms with van der Waals surface area (Å²) in [6, 6.07) is 8.19. The van der Waals surface area contributed by atoms with Crippen LogP contribution >= 0.6 is 11.7 Å². The normalized spacial score (nSPS) is 10.4. The van der Waals surface area contributed by atoms with Gasteiger partial charge in [0.25, 0.3) is 11.8 Å². The van der Waals surface area contributed by atoms with Gasteiger partial charge in [-0.2, -0.15) is 8.75 Å². The molecule has 128 valence electrons. The van der Waals surface area contributed by atoms with Crippen LogP contribution in [0.15, 0.2) is 41.0 Å². The molecule has 25 heavy (non-hydrogen) atoms. The lowest BCUT2D eigenvalue weighted by molar-refractivity contribution is -0.146. The lowest BCUT2D eigenvalue weighted by atomic mass is 10.2. The largest absolute Gasteiger partial charge is 0.459 e. The fourth-order valence-corrected chi connectivity index (χ4v) is 2.49. The number of fused-ring (bicyclic) bond motifs is 1. The van der Waals surface area contributed by atoms with Crippen LogP contribution < -0.4 is 10.6 Å². The molecule has 0 bridgehead atoms. The van der Waals surface area contributed by atoms with Crippen molar-refractivity contribution in [1.82, 2.24) is 14.1 Å². The van der Waals surface area contributed by atoms with Gasteiger partial charge in [0, 0.05) is 0 Å². The van der Waals surface area contributed by atoms with Crippen molar-refractivity contribution in [2.75, 3.05) is 18.5 Å². The van der Waals surface area contributed by atoms with Crippen LogP contribution in [-0.2, 0) is 14.3 Å². The average molecular weight is 360 g/mol. The molecule has 0 fully saturated rings. The molecule has 0 radical (unpaired) electrons. The Hall–Kier alpha value is -3.27. The first kappa shape index (κ1) is 16.6. The van der Waals surface area contributed by atoms with Crippen molar-refractivity contribution in [2.45, 2.75) is 0 Å². The number of furan rings is 1. The van der Waals surface area contributed by atoms with Crippen molar-refractivity contribution < 1.29 is 23.5 Å². The Labute approximate surface area is 145 Å². The van der Waals surface area contributed by atoms with E-state index < -0.39 is 24.4 Å². The van der Waals surface area contributed by atoms with Gasteiger partial charge in [0.2, 0.25) is 0 Å². The van der Waals surface area contributed by atoms with Gasteiger partial charge in [-0.25, -0.2) is 0 Å². The molecule has 2 heterocycles. The molecular weight excluding hydrogens is 348 g/mol. The highest BCUT2D eigenvalue weighted by Gasteiger charge is 2.13. The predicted octanol–water partition coefficient (Wildman–Crippen LogP) is 1.20. The number of ether oxygens (including phenoxy) is 1. The van der Waals surface area contributed by atoms with Gasteiger partial charge in [-0.15, -0.1) is 0 Å². The summed E-state index contributed by atoms with van der Waals surface area (Å²) in [6.45, 7) is -0.859. The molecule has 10 heteroatoms. The van der Waals surface area contributed by atoms with Crippen LogP contribution in [0.3, 0.4) is 0 Å². The van der Waals surface area contributed by atoms with Crippen molar-refractivity contribution in [1.29, 1.82) is 0 Å². The zero-order chi connectivity index (χ0) is 17.6. The first-order valence-corrected chi connectivity index (χ1v) is 7.85. The molecule has 0 saturated heterocycles. The maximum absolute atomic E-state index is 11.9. The van der Waals surface area contributed by atoms with Crippen molar-refractivity contribution in [3.05, 3.63) is 42.4 Å². The van der Waals surface area contributed by atoms with E-state index in [1.807, 2.05) is 0 Å². The zero-order valence-electron chi connectivity index (χ0n) is 12.7. The topological polar surface area (TPSA) is 123 Å². The Morgan fingerprint density at radius 1 is 1.16 bits per heavy atom. The monoisotopic (exact) mass is 360 g/mol. The highest BCUT2D eigenvalue weighted by Crippen LogP contribution is 2.20. The van der Waals surface area contributed by atoms with Gasteiger partial charge in [-0.05, 0) is 24.3 Å². The van der Waals surface area contributed by atoms with Crippen LogP contribution in [0.2, 0.25) is 0 Å². The van der Waals surface area contributed by atoms with Crippen molar-refractivity contribution in [3.8, 4) is 0 Å². The summed E-state index contributed by atoms with van der Waals surface area (Å²) >= 11 is 1.04. The van der Waals surface area contributed by atoms with E-state index in [4.69, 9.17) is 9.15 Å². The van der Waals surface area contributed by atoms with E-state index in [-0.39, 0.29) is 12.3 Å². The van der Waals surface area contributed by atoms with Crippen molar-refractivity contribution in [2.24, 2.45) is 0 Å². The number of hydrogen-bond donors (Lipinski definition) is 2. The second kappa shape index (κ2) is 7.53. The van der Waals surface area contributed by atoms with Crippen LogP contribution in [-0.4, -0.2) is 39.7 Å². The summed E-state index contributed by atoms with van der Waals surface area (Å²) in [7, 11) is 0. The fourth-order valence-electron chi connectivity index (χ4n) is 1.94. The molecule has 1 aromatic carbocycles. The molecule has 0 spiro atoms. The van der Waals surface area contributed by atoms with Crippen LogP contribution in [0, 0.1) is 0 Å². The quantitative estimate of drug-likeness (QED) is 0.633. The van der Waals surface area contributed by atoms with E-state index in [2.05, 4.69) is 19.4 Å². The predicted molar refractivity (Wildman–Crippen MR) is 88.0 cm³/mol. The molecule has 0 aliphatic carbocycles. The maximum Gasteiger partial charge on any atom is 0.325 e. The van der Waals surface area contributed by atoms with Gasteiger partial charge < -0.3 is 19.8 Å².